The number of aryl methyl sites for hydroxylation is 1. The monoisotopic (exact) mass is 453 g/mol. The highest BCUT2D eigenvalue weighted by Gasteiger charge is 2.22. The number of aromatic amines is 1. The van der Waals surface area contributed by atoms with Gasteiger partial charge >= 0.3 is 0 Å². The van der Waals surface area contributed by atoms with Gasteiger partial charge in [-0.15, -0.1) is 0 Å². The highest BCUT2D eigenvalue weighted by atomic mass is 32.2. The van der Waals surface area contributed by atoms with Gasteiger partial charge in [0.1, 0.15) is 12.0 Å². The Labute approximate surface area is 191 Å². The predicted octanol–water partition coefficient (Wildman–Crippen LogP) is 4.07. The van der Waals surface area contributed by atoms with Crippen molar-refractivity contribution in [3.63, 3.8) is 0 Å². The lowest BCUT2D eigenvalue weighted by Gasteiger charge is -2.17. The SMILES string of the molecule is CCC(CCN)CC(=Nc1c(C)ncnc1N)Sc1cc2c(cc1-c1ccn[nH]1)OCO2. The number of ether oxygens (including phenoxy) is 2. The molecule has 0 fully saturated rings. The molecule has 0 saturated heterocycles. The molecule has 1 aliphatic rings. The summed E-state index contributed by atoms with van der Waals surface area (Å²) in [6.45, 7) is 4.89. The quantitative estimate of drug-likeness (QED) is 0.264. The Bertz CT molecular complexity index is 1080. The van der Waals surface area contributed by atoms with Gasteiger partial charge in [-0.2, -0.15) is 5.10 Å². The van der Waals surface area contributed by atoms with E-state index in [4.69, 9.17) is 25.9 Å². The minimum atomic E-state index is 0.207. The molecule has 0 bridgehead atoms. The predicted molar refractivity (Wildman–Crippen MR) is 126 cm³/mol. The maximum Gasteiger partial charge on any atom is 0.231 e. The average Bonchev–Trinajstić information content (AvgIpc) is 3.47. The number of hydrogen-bond donors (Lipinski definition) is 3. The van der Waals surface area contributed by atoms with Gasteiger partial charge in [0.2, 0.25) is 6.79 Å². The summed E-state index contributed by atoms with van der Waals surface area (Å²) in [5, 5.41) is 8.06. The van der Waals surface area contributed by atoms with Crippen LogP contribution in [0.15, 0.2) is 40.6 Å². The van der Waals surface area contributed by atoms with Crippen molar-refractivity contribution in [2.24, 2.45) is 16.6 Å². The van der Waals surface area contributed by atoms with Gasteiger partial charge in [0.25, 0.3) is 0 Å². The molecule has 4 rings (SSSR count). The zero-order chi connectivity index (χ0) is 22.5. The first kappa shape index (κ1) is 22.1. The summed E-state index contributed by atoms with van der Waals surface area (Å²) in [6.07, 6.45) is 5.87. The van der Waals surface area contributed by atoms with Gasteiger partial charge < -0.3 is 20.9 Å². The molecule has 168 valence electrons. The summed E-state index contributed by atoms with van der Waals surface area (Å²) < 4.78 is 11.2. The molecule has 3 heterocycles. The number of H-pyrrole nitrogens is 1. The average molecular weight is 454 g/mol. The normalized spacial score (nSPS) is 14.0. The van der Waals surface area contributed by atoms with E-state index in [1.807, 2.05) is 25.1 Å². The van der Waals surface area contributed by atoms with E-state index in [1.165, 1.54) is 6.33 Å². The molecule has 10 heteroatoms. The summed E-state index contributed by atoms with van der Waals surface area (Å²) in [6, 6.07) is 5.88. The summed E-state index contributed by atoms with van der Waals surface area (Å²) >= 11 is 1.58. The van der Waals surface area contributed by atoms with Crippen LogP contribution in [-0.2, 0) is 0 Å². The number of aromatic nitrogens is 4. The van der Waals surface area contributed by atoms with Crippen molar-refractivity contribution in [1.29, 1.82) is 0 Å². The molecule has 3 aromatic rings. The van der Waals surface area contributed by atoms with E-state index in [-0.39, 0.29) is 6.79 Å². The third-order valence-electron chi connectivity index (χ3n) is 5.38. The number of fused-ring (bicyclic) bond motifs is 1. The molecule has 1 aliphatic heterocycles. The second kappa shape index (κ2) is 10.0. The number of nitrogens with one attached hydrogen (secondary N) is 1. The van der Waals surface area contributed by atoms with E-state index in [2.05, 4.69) is 27.1 Å². The Morgan fingerprint density at radius 1 is 1.28 bits per heavy atom. The number of anilines is 1. The number of nitrogen functional groups attached to an aromatic ring is 1. The molecule has 5 N–H and O–H groups in total. The van der Waals surface area contributed by atoms with E-state index in [9.17, 15) is 0 Å². The van der Waals surface area contributed by atoms with Gasteiger partial charge in [-0.05, 0) is 50.4 Å². The minimum absolute atomic E-state index is 0.207. The van der Waals surface area contributed by atoms with Crippen LogP contribution in [0.2, 0.25) is 0 Å². The maximum atomic E-state index is 6.13. The molecule has 0 radical (unpaired) electrons. The first-order chi connectivity index (χ1) is 15.6. The first-order valence-corrected chi connectivity index (χ1v) is 11.4. The summed E-state index contributed by atoms with van der Waals surface area (Å²) in [4.78, 5) is 14.3. The van der Waals surface area contributed by atoms with Crippen LogP contribution in [0.1, 0.15) is 31.9 Å². The Balaban J connectivity index is 1.77. The lowest BCUT2D eigenvalue weighted by molar-refractivity contribution is 0.174. The molecular formula is C22H27N7O2S. The van der Waals surface area contributed by atoms with E-state index in [0.717, 1.165) is 46.2 Å². The molecule has 1 aromatic carbocycles. The first-order valence-electron chi connectivity index (χ1n) is 10.5. The topological polar surface area (TPSA) is 137 Å². The Kier molecular flexibility index (Phi) is 6.91. The fraction of sp³-hybridized carbons (Fsp3) is 0.364. The lowest BCUT2D eigenvalue weighted by Crippen LogP contribution is -2.11. The van der Waals surface area contributed by atoms with Gasteiger partial charge in [-0.3, -0.25) is 5.10 Å². The number of rotatable bonds is 8. The van der Waals surface area contributed by atoms with Crippen LogP contribution < -0.4 is 20.9 Å². The van der Waals surface area contributed by atoms with Gasteiger partial charge in [-0.1, -0.05) is 25.1 Å². The molecule has 1 atom stereocenters. The van der Waals surface area contributed by atoms with Crippen LogP contribution in [0, 0.1) is 12.8 Å². The molecule has 0 saturated carbocycles. The second-order valence-electron chi connectivity index (χ2n) is 7.53. The number of nitrogens with zero attached hydrogens (tertiary/aromatic N) is 4. The van der Waals surface area contributed by atoms with E-state index >= 15 is 0 Å². The minimum Gasteiger partial charge on any atom is -0.454 e. The maximum absolute atomic E-state index is 6.13. The van der Waals surface area contributed by atoms with Crippen LogP contribution >= 0.6 is 11.8 Å². The molecule has 9 nitrogen and oxygen atoms in total. The Hall–Kier alpha value is -3.11. The summed E-state index contributed by atoms with van der Waals surface area (Å²) in [7, 11) is 0. The van der Waals surface area contributed by atoms with E-state index in [0.29, 0.717) is 35.5 Å². The van der Waals surface area contributed by atoms with Gasteiger partial charge in [0.15, 0.2) is 17.3 Å². The number of benzene rings is 1. The molecular weight excluding hydrogens is 426 g/mol. The third-order valence-corrected chi connectivity index (χ3v) is 6.43. The van der Waals surface area contributed by atoms with Gasteiger partial charge in [-0.25, -0.2) is 15.0 Å². The van der Waals surface area contributed by atoms with Crippen molar-refractivity contribution in [2.45, 2.75) is 38.0 Å². The molecule has 0 spiro atoms. The Morgan fingerprint density at radius 3 is 2.78 bits per heavy atom. The fourth-order valence-electron chi connectivity index (χ4n) is 3.54. The smallest absolute Gasteiger partial charge is 0.231 e. The third kappa shape index (κ3) is 4.86. The zero-order valence-corrected chi connectivity index (χ0v) is 19.0. The van der Waals surface area contributed by atoms with Crippen molar-refractivity contribution < 1.29 is 9.47 Å². The second-order valence-corrected chi connectivity index (χ2v) is 8.64. The molecule has 0 amide bonds. The highest BCUT2D eigenvalue weighted by Crippen LogP contribution is 2.43. The van der Waals surface area contributed by atoms with Crippen molar-refractivity contribution in [3.05, 3.63) is 36.4 Å². The van der Waals surface area contributed by atoms with Crippen molar-refractivity contribution in [2.75, 3.05) is 19.1 Å². The highest BCUT2D eigenvalue weighted by molar-refractivity contribution is 8.14. The van der Waals surface area contributed by atoms with Crippen LogP contribution in [-0.4, -0.2) is 38.5 Å². The lowest BCUT2D eigenvalue weighted by atomic mass is 9.99. The summed E-state index contributed by atoms with van der Waals surface area (Å²) in [5.74, 6) is 2.19. The van der Waals surface area contributed by atoms with Crippen molar-refractivity contribution >= 4 is 28.3 Å². The molecule has 2 aromatic heterocycles. The molecule has 32 heavy (non-hydrogen) atoms. The van der Waals surface area contributed by atoms with Gasteiger partial charge in [0, 0.05) is 16.7 Å². The van der Waals surface area contributed by atoms with Crippen molar-refractivity contribution in [3.8, 4) is 22.8 Å². The number of nitrogens with two attached hydrogens (primary N) is 2. The standard InChI is InChI=1S/C22H27N7O2S/c1-3-14(4-6-23)8-20(28-21-13(2)25-11-26-22(21)24)32-19-10-18-17(30-12-31-18)9-15(19)16-5-7-27-29-16/h5,7,9-11,14H,3-4,6,8,12,23H2,1-2H3,(H,27,29)(H2,24,25,26). The van der Waals surface area contributed by atoms with E-state index in [1.54, 1.807) is 18.0 Å². The summed E-state index contributed by atoms with van der Waals surface area (Å²) in [5.41, 5.74) is 15.2. The molecule has 0 aliphatic carbocycles. The van der Waals surface area contributed by atoms with Crippen LogP contribution in [0.4, 0.5) is 11.5 Å². The number of hydrogen-bond acceptors (Lipinski definition) is 9. The van der Waals surface area contributed by atoms with E-state index < -0.39 is 0 Å². The largest absolute Gasteiger partial charge is 0.454 e. The number of thioether (sulfide) groups is 1. The van der Waals surface area contributed by atoms with Crippen LogP contribution in [0.3, 0.4) is 0 Å². The number of aliphatic imine (C=N–C) groups is 1. The van der Waals surface area contributed by atoms with Gasteiger partial charge in [0.05, 0.1) is 16.4 Å². The fourth-order valence-corrected chi connectivity index (χ4v) is 4.70. The van der Waals surface area contributed by atoms with Crippen molar-refractivity contribution in [1.82, 2.24) is 20.2 Å². The van der Waals surface area contributed by atoms with Crippen LogP contribution in [0.5, 0.6) is 11.5 Å². The van der Waals surface area contributed by atoms with Crippen LogP contribution in [0.25, 0.3) is 11.3 Å². The zero-order valence-electron chi connectivity index (χ0n) is 18.2. The Morgan fingerprint density at radius 2 is 2.09 bits per heavy atom. The molecule has 1 unspecified atom stereocenters.